The SMILES string of the molecule is C/C=C/COC(=O)C[N+](C)(C)CCCCN. The third-order valence-electron chi connectivity index (χ3n) is 2.35. The molecule has 0 heterocycles. The Balaban J connectivity index is 3.80. The first-order chi connectivity index (χ1) is 7.52. The maximum atomic E-state index is 11.5. The van der Waals surface area contributed by atoms with Crippen molar-refractivity contribution < 1.29 is 14.0 Å². The molecule has 0 aliphatic heterocycles. The van der Waals surface area contributed by atoms with E-state index in [1.807, 2.05) is 33.2 Å². The lowest BCUT2D eigenvalue weighted by Crippen LogP contribution is -2.45. The van der Waals surface area contributed by atoms with Gasteiger partial charge in [0.1, 0.15) is 6.61 Å². The van der Waals surface area contributed by atoms with Gasteiger partial charge in [-0.2, -0.15) is 0 Å². The number of nitrogens with zero attached hydrogens (tertiary/aromatic N) is 1. The van der Waals surface area contributed by atoms with E-state index < -0.39 is 0 Å². The Morgan fingerprint density at radius 1 is 1.38 bits per heavy atom. The molecule has 0 aromatic carbocycles. The van der Waals surface area contributed by atoms with Crippen LogP contribution in [0, 0.1) is 0 Å². The topological polar surface area (TPSA) is 52.3 Å². The number of unbranched alkanes of at least 4 members (excludes halogenated alkanes) is 1. The summed E-state index contributed by atoms with van der Waals surface area (Å²) in [6, 6.07) is 0. The lowest BCUT2D eigenvalue weighted by Gasteiger charge is -2.28. The molecule has 0 aliphatic rings. The number of hydrogen-bond donors (Lipinski definition) is 1. The number of carbonyl (C=O) groups excluding carboxylic acids is 1. The van der Waals surface area contributed by atoms with E-state index in [-0.39, 0.29) is 5.97 Å². The van der Waals surface area contributed by atoms with E-state index >= 15 is 0 Å². The molecule has 94 valence electrons. The minimum absolute atomic E-state index is 0.143. The average Bonchev–Trinajstić information content (AvgIpc) is 2.17. The van der Waals surface area contributed by atoms with Crippen molar-refractivity contribution in [1.82, 2.24) is 0 Å². The summed E-state index contributed by atoms with van der Waals surface area (Å²) in [6.07, 6.45) is 5.75. The Morgan fingerprint density at radius 2 is 2.06 bits per heavy atom. The largest absolute Gasteiger partial charge is 0.457 e. The Morgan fingerprint density at radius 3 is 2.62 bits per heavy atom. The summed E-state index contributed by atoms with van der Waals surface area (Å²) in [5.41, 5.74) is 5.43. The molecule has 0 spiro atoms. The maximum Gasteiger partial charge on any atom is 0.362 e. The second-order valence-electron chi connectivity index (χ2n) is 4.57. The Kier molecular flexibility index (Phi) is 7.85. The van der Waals surface area contributed by atoms with E-state index in [0.29, 0.717) is 24.2 Å². The van der Waals surface area contributed by atoms with Crippen LogP contribution in [0.2, 0.25) is 0 Å². The Labute approximate surface area is 98.6 Å². The van der Waals surface area contributed by atoms with Crippen LogP contribution in [0.25, 0.3) is 0 Å². The van der Waals surface area contributed by atoms with Crippen molar-refractivity contribution in [2.45, 2.75) is 19.8 Å². The Hall–Kier alpha value is -0.870. The molecule has 0 saturated carbocycles. The molecule has 0 bridgehead atoms. The van der Waals surface area contributed by atoms with Gasteiger partial charge in [-0.3, -0.25) is 0 Å². The molecule has 0 amide bonds. The summed E-state index contributed by atoms with van der Waals surface area (Å²) in [5, 5.41) is 0. The molecule has 0 aromatic heterocycles. The van der Waals surface area contributed by atoms with Crippen molar-refractivity contribution in [3.63, 3.8) is 0 Å². The molecule has 2 N–H and O–H groups in total. The third kappa shape index (κ3) is 8.44. The van der Waals surface area contributed by atoms with Gasteiger partial charge in [-0.05, 0) is 26.3 Å². The first-order valence-corrected chi connectivity index (χ1v) is 5.80. The molecule has 4 nitrogen and oxygen atoms in total. The number of ether oxygens (including phenoxy) is 1. The zero-order valence-electron chi connectivity index (χ0n) is 10.7. The second kappa shape index (κ2) is 8.30. The maximum absolute atomic E-state index is 11.5. The first-order valence-electron chi connectivity index (χ1n) is 5.80. The normalized spacial score (nSPS) is 12.0. The fraction of sp³-hybridized carbons (Fsp3) is 0.750. The zero-order valence-corrected chi connectivity index (χ0v) is 10.7. The highest BCUT2D eigenvalue weighted by Gasteiger charge is 2.20. The third-order valence-corrected chi connectivity index (χ3v) is 2.35. The van der Waals surface area contributed by atoms with Gasteiger partial charge in [-0.1, -0.05) is 12.2 Å². The van der Waals surface area contributed by atoms with Gasteiger partial charge in [0.15, 0.2) is 6.54 Å². The van der Waals surface area contributed by atoms with E-state index in [9.17, 15) is 4.79 Å². The highest BCUT2D eigenvalue weighted by Crippen LogP contribution is 2.02. The van der Waals surface area contributed by atoms with Crippen LogP contribution in [0.1, 0.15) is 19.8 Å². The van der Waals surface area contributed by atoms with Crippen molar-refractivity contribution in [2.75, 3.05) is 40.3 Å². The summed E-state index contributed by atoms with van der Waals surface area (Å²) in [6.45, 7) is 4.36. The van der Waals surface area contributed by atoms with Crippen LogP contribution in [-0.2, 0) is 9.53 Å². The number of quaternary nitrogens is 1. The number of nitrogens with two attached hydrogens (primary N) is 1. The van der Waals surface area contributed by atoms with Crippen molar-refractivity contribution in [2.24, 2.45) is 5.73 Å². The predicted octanol–water partition coefficient (Wildman–Crippen LogP) is 0.921. The van der Waals surface area contributed by atoms with Gasteiger partial charge in [0.25, 0.3) is 0 Å². The van der Waals surface area contributed by atoms with Gasteiger partial charge in [-0.25, -0.2) is 4.79 Å². The molecular weight excluding hydrogens is 204 g/mol. The van der Waals surface area contributed by atoms with Gasteiger partial charge in [0.2, 0.25) is 0 Å². The van der Waals surface area contributed by atoms with Gasteiger partial charge in [0, 0.05) is 0 Å². The lowest BCUT2D eigenvalue weighted by molar-refractivity contribution is -0.883. The number of esters is 1. The summed E-state index contributed by atoms with van der Waals surface area (Å²) >= 11 is 0. The minimum atomic E-state index is -0.143. The monoisotopic (exact) mass is 229 g/mol. The van der Waals surface area contributed by atoms with Gasteiger partial charge < -0.3 is 15.0 Å². The molecule has 0 atom stereocenters. The first kappa shape index (κ1) is 15.1. The molecule has 0 saturated heterocycles. The van der Waals surface area contributed by atoms with E-state index in [0.717, 1.165) is 19.4 Å². The number of likely N-dealkylation sites (N-methyl/N-ethyl adjacent to an activating group) is 1. The van der Waals surface area contributed by atoms with Crippen molar-refractivity contribution in [3.8, 4) is 0 Å². The summed E-state index contributed by atoms with van der Waals surface area (Å²) in [5.74, 6) is -0.143. The number of allylic oxidation sites excluding steroid dienone is 1. The molecule has 0 rings (SSSR count). The molecular formula is C12H25N2O2+. The highest BCUT2D eigenvalue weighted by molar-refractivity contribution is 5.70. The number of carbonyl (C=O) groups is 1. The molecule has 0 aromatic rings. The highest BCUT2D eigenvalue weighted by atomic mass is 16.5. The van der Waals surface area contributed by atoms with E-state index in [2.05, 4.69) is 0 Å². The number of hydrogen-bond acceptors (Lipinski definition) is 3. The molecule has 0 fully saturated rings. The van der Waals surface area contributed by atoms with Gasteiger partial charge >= 0.3 is 5.97 Å². The standard InChI is InChI=1S/C12H25N2O2/c1-4-5-10-16-12(15)11-14(2,3)9-7-6-8-13/h4-5H,6-11,13H2,1-3H3/q+1/b5-4+. The fourth-order valence-corrected chi connectivity index (χ4v) is 1.40. The van der Waals surface area contributed by atoms with Crippen LogP contribution < -0.4 is 5.73 Å². The van der Waals surface area contributed by atoms with Gasteiger partial charge in [0.05, 0.1) is 20.6 Å². The van der Waals surface area contributed by atoms with Crippen LogP contribution in [0.15, 0.2) is 12.2 Å². The van der Waals surface area contributed by atoms with Crippen molar-refractivity contribution in [1.29, 1.82) is 0 Å². The Bertz CT molecular complexity index is 225. The van der Waals surface area contributed by atoms with E-state index in [1.54, 1.807) is 0 Å². The van der Waals surface area contributed by atoms with Crippen LogP contribution in [-0.4, -0.2) is 50.8 Å². The van der Waals surface area contributed by atoms with Crippen LogP contribution in [0.5, 0.6) is 0 Å². The predicted molar refractivity (Wildman–Crippen MR) is 65.9 cm³/mol. The smallest absolute Gasteiger partial charge is 0.362 e. The minimum Gasteiger partial charge on any atom is -0.457 e. The van der Waals surface area contributed by atoms with Crippen LogP contribution in [0.4, 0.5) is 0 Å². The van der Waals surface area contributed by atoms with Crippen LogP contribution in [0.3, 0.4) is 0 Å². The van der Waals surface area contributed by atoms with Gasteiger partial charge in [-0.15, -0.1) is 0 Å². The molecule has 16 heavy (non-hydrogen) atoms. The second-order valence-corrected chi connectivity index (χ2v) is 4.57. The van der Waals surface area contributed by atoms with Crippen LogP contribution >= 0.6 is 0 Å². The number of rotatable bonds is 8. The molecule has 0 aliphatic carbocycles. The summed E-state index contributed by atoms with van der Waals surface area (Å²) in [4.78, 5) is 11.5. The molecule has 0 unspecified atom stereocenters. The molecule has 4 heteroatoms. The average molecular weight is 229 g/mol. The van der Waals surface area contributed by atoms with Crippen molar-refractivity contribution in [3.05, 3.63) is 12.2 Å². The van der Waals surface area contributed by atoms with E-state index in [4.69, 9.17) is 10.5 Å². The summed E-state index contributed by atoms with van der Waals surface area (Å²) in [7, 11) is 4.07. The zero-order chi connectivity index (χ0) is 12.4. The fourth-order valence-electron chi connectivity index (χ4n) is 1.40. The quantitative estimate of drug-likeness (QED) is 0.291. The lowest BCUT2D eigenvalue weighted by atomic mass is 10.2. The van der Waals surface area contributed by atoms with E-state index in [1.165, 1.54) is 0 Å². The summed E-state index contributed by atoms with van der Waals surface area (Å²) < 4.78 is 5.72. The van der Waals surface area contributed by atoms with Crippen molar-refractivity contribution >= 4 is 5.97 Å². The molecule has 0 radical (unpaired) electrons.